The van der Waals surface area contributed by atoms with E-state index in [9.17, 15) is 0 Å². The van der Waals surface area contributed by atoms with Crippen LogP contribution in [0.5, 0.6) is 0 Å². The van der Waals surface area contributed by atoms with Gasteiger partial charge in [-0.3, -0.25) is 4.68 Å². The van der Waals surface area contributed by atoms with Crippen LogP contribution in [0.2, 0.25) is 0 Å². The van der Waals surface area contributed by atoms with E-state index in [4.69, 9.17) is 0 Å². The minimum absolute atomic E-state index is 0.421. The normalized spacial score (nSPS) is 25.1. The fourth-order valence-corrected chi connectivity index (χ4v) is 2.88. The monoisotopic (exact) mass is 221 g/mol. The molecule has 1 saturated heterocycles. The summed E-state index contributed by atoms with van der Waals surface area (Å²) in [6.45, 7) is 3.48. The standard InChI is InChI=1S/C13H23N3/c1-3-6-13(7-4-9-14-13)8-5-12-10-15-16(2)11-12/h10-11,14H,3-9H2,1-2H3. The predicted molar refractivity (Wildman–Crippen MR) is 66.4 cm³/mol. The Labute approximate surface area is 98.2 Å². The molecular weight excluding hydrogens is 198 g/mol. The molecule has 1 unspecified atom stereocenters. The molecule has 1 aliphatic rings. The molecule has 0 saturated carbocycles. The van der Waals surface area contributed by atoms with Crippen molar-refractivity contribution in [1.82, 2.24) is 15.1 Å². The van der Waals surface area contributed by atoms with Crippen LogP contribution in [0, 0.1) is 0 Å². The molecule has 3 nitrogen and oxygen atoms in total. The first-order valence-corrected chi connectivity index (χ1v) is 6.47. The molecule has 1 fully saturated rings. The summed E-state index contributed by atoms with van der Waals surface area (Å²) in [7, 11) is 1.99. The van der Waals surface area contributed by atoms with Crippen LogP contribution < -0.4 is 5.32 Å². The van der Waals surface area contributed by atoms with Crippen LogP contribution in [0.3, 0.4) is 0 Å². The average Bonchev–Trinajstić information content (AvgIpc) is 2.86. The molecule has 16 heavy (non-hydrogen) atoms. The van der Waals surface area contributed by atoms with Crippen molar-refractivity contribution >= 4 is 0 Å². The number of aromatic nitrogens is 2. The molecule has 1 aromatic rings. The van der Waals surface area contributed by atoms with E-state index in [1.165, 1.54) is 44.2 Å². The molecule has 2 rings (SSSR count). The molecule has 1 atom stereocenters. The van der Waals surface area contributed by atoms with E-state index in [1.807, 2.05) is 17.9 Å². The van der Waals surface area contributed by atoms with Crippen molar-refractivity contribution in [1.29, 1.82) is 0 Å². The molecule has 2 heterocycles. The summed E-state index contributed by atoms with van der Waals surface area (Å²) in [5, 5.41) is 7.95. The molecule has 1 N–H and O–H groups in total. The number of rotatable bonds is 5. The van der Waals surface area contributed by atoms with Crippen LogP contribution >= 0.6 is 0 Å². The van der Waals surface area contributed by atoms with Crippen LogP contribution in [0.25, 0.3) is 0 Å². The van der Waals surface area contributed by atoms with Crippen molar-refractivity contribution in [3.8, 4) is 0 Å². The highest BCUT2D eigenvalue weighted by atomic mass is 15.2. The van der Waals surface area contributed by atoms with E-state index in [0.29, 0.717) is 5.54 Å². The van der Waals surface area contributed by atoms with Crippen molar-refractivity contribution in [2.75, 3.05) is 6.54 Å². The molecular formula is C13H23N3. The highest BCUT2D eigenvalue weighted by Gasteiger charge is 2.31. The zero-order valence-corrected chi connectivity index (χ0v) is 10.5. The maximum atomic E-state index is 4.23. The number of nitrogens with one attached hydrogen (secondary N) is 1. The summed E-state index contributed by atoms with van der Waals surface area (Å²) in [6, 6.07) is 0. The molecule has 90 valence electrons. The third-order valence-corrected chi connectivity index (χ3v) is 3.71. The molecule has 1 aromatic heterocycles. The smallest absolute Gasteiger partial charge is 0.0521 e. The first-order valence-electron chi connectivity index (χ1n) is 6.47. The summed E-state index contributed by atoms with van der Waals surface area (Å²) in [6.07, 6.45) is 11.8. The third-order valence-electron chi connectivity index (χ3n) is 3.71. The Hall–Kier alpha value is -0.830. The van der Waals surface area contributed by atoms with E-state index < -0.39 is 0 Å². The van der Waals surface area contributed by atoms with Crippen LogP contribution in [0.15, 0.2) is 12.4 Å². The molecule has 0 spiro atoms. The maximum Gasteiger partial charge on any atom is 0.0521 e. The Morgan fingerprint density at radius 2 is 2.38 bits per heavy atom. The second-order valence-corrected chi connectivity index (χ2v) is 5.08. The van der Waals surface area contributed by atoms with Crippen LogP contribution in [-0.2, 0) is 13.5 Å². The first kappa shape index (κ1) is 11.6. The van der Waals surface area contributed by atoms with Crippen LogP contribution in [0.1, 0.15) is 44.6 Å². The number of hydrogen-bond donors (Lipinski definition) is 1. The Kier molecular flexibility index (Phi) is 3.64. The molecule has 3 heteroatoms. The number of hydrogen-bond acceptors (Lipinski definition) is 2. The molecule has 0 aliphatic carbocycles. The molecule has 0 amide bonds. The van der Waals surface area contributed by atoms with Crippen molar-refractivity contribution in [2.45, 2.75) is 51.0 Å². The fraction of sp³-hybridized carbons (Fsp3) is 0.769. The molecule has 0 aromatic carbocycles. The lowest BCUT2D eigenvalue weighted by molar-refractivity contribution is 0.320. The van der Waals surface area contributed by atoms with Gasteiger partial charge in [0, 0.05) is 18.8 Å². The van der Waals surface area contributed by atoms with Crippen LogP contribution in [-0.4, -0.2) is 21.9 Å². The van der Waals surface area contributed by atoms with Crippen molar-refractivity contribution in [3.63, 3.8) is 0 Å². The van der Waals surface area contributed by atoms with Gasteiger partial charge in [-0.2, -0.15) is 5.10 Å². The Morgan fingerprint density at radius 3 is 2.94 bits per heavy atom. The van der Waals surface area contributed by atoms with Gasteiger partial charge < -0.3 is 5.32 Å². The first-order chi connectivity index (χ1) is 7.74. The van der Waals surface area contributed by atoms with Crippen molar-refractivity contribution in [3.05, 3.63) is 18.0 Å². The average molecular weight is 221 g/mol. The third kappa shape index (κ3) is 2.64. The highest BCUT2D eigenvalue weighted by Crippen LogP contribution is 2.29. The van der Waals surface area contributed by atoms with Gasteiger partial charge in [0.25, 0.3) is 0 Å². The quantitative estimate of drug-likeness (QED) is 0.826. The Balaban J connectivity index is 1.91. The largest absolute Gasteiger partial charge is 0.311 e. The second kappa shape index (κ2) is 5.00. The van der Waals surface area contributed by atoms with E-state index in [1.54, 1.807) is 0 Å². The van der Waals surface area contributed by atoms with E-state index >= 15 is 0 Å². The van der Waals surface area contributed by atoms with Gasteiger partial charge >= 0.3 is 0 Å². The number of nitrogens with zero attached hydrogens (tertiary/aromatic N) is 2. The lowest BCUT2D eigenvalue weighted by Crippen LogP contribution is -2.39. The topological polar surface area (TPSA) is 29.9 Å². The maximum absolute atomic E-state index is 4.23. The van der Waals surface area contributed by atoms with Gasteiger partial charge in [-0.1, -0.05) is 13.3 Å². The van der Waals surface area contributed by atoms with Gasteiger partial charge in [0.1, 0.15) is 0 Å². The summed E-state index contributed by atoms with van der Waals surface area (Å²) in [5.41, 5.74) is 1.79. The summed E-state index contributed by atoms with van der Waals surface area (Å²) in [5.74, 6) is 0. The lowest BCUT2D eigenvalue weighted by atomic mass is 9.86. The Morgan fingerprint density at radius 1 is 1.50 bits per heavy atom. The Bertz CT molecular complexity index is 324. The fourth-order valence-electron chi connectivity index (χ4n) is 2.88. The van der Waals surface area contributed by atoms with Crippen molar-refractivity contribution < 1.29 is 0 Å². The van der Waals surface area contributed by atoms with Gasteiger partial charge in [0.05, 0.1) is 6.20 Å². The van der Waals surface area contributed by atoms with E-state index in [-0.39, 0.29) is 0 Å². The second-order valence-electron chi connectivity index (χ2n) is 5.08. The summed E-state index contributed by atoms with van der Waals surface area (Å²) >= 11 is 0. The lowest BCUT2D eigenvalue weighted by Gasteiger charge is -2.29. The van der Waals surface area contributed by atoms with Gasteiger partial charge in [-0.15, -0.1) is 0 Å². The predicted octanol–water partition coefficient (Wildman–Crippen LogP) is 2.27. The SMILES string of the molecule is CCCC1(CCc2cnn(C)c2)CCCN1. The highest BCUT2D eigenvalue weighted by molar-refractivity contribution is 5.06. The van der Waals surface area contributed by atoms with Crippen LogP contribution in [0.4, 0.5) is 0 Å². The zero-order chi connectivity index (χ0) is 11.4. The van der Waals surface area contributed by atoms with E-state index in [0.717, 1.165) is 6.42 Å². The van der Waals surface area contributed by atoms with E-state index in [2.05, 4.69) is 23.5 Å². The minimum Gasteiger partial charge on any atom is -0.311 e. The zero-order valence-electron chi connectivity index (χ0n) is 10.5. The van der Waals surface area contributed by atoms with Gasteiger partial charge in [-0.05, 0) is 44.2 Å². The molecule has 0 bridgehead atoms. The van der Waals surface area contributed by atoms with Gasteiger partial charge in [-0.25, -0.2) is 0 Å². The number of aryl methyl sites for hydroxylation is 2. The minimum atomic E-state index is 0.421. The van der Waals surface area contributed by atoms with Gasteiger partial charge in [0.2, 0.25) is 0 Å². The van der Waals surface area contributed by atoms with Crippen molar-refractivity contribution in [2.24, 2.45) is 7.05 Å². The molecule has 0 radical (unpaired) electrons. The molecule has 1 aliphatic heterocycles. The summed E-state index contributed by atoms with van der Waals surface area (Å²) in [4.78, 5) is 0. The summed E-state index contributed by atoms with van der Waals surface area (Å²) < 4.78 is 1.89. The van der Waals surface area contributed by atoms with Gasteiger partial charge in [0.15, 0.2) is 0 Å².